The molecule has 2 aliphatic rings. The van der Waals surface area contributed by atoms with E-state index in [9.17, 15) is 18.0 Å². The lowest BCUT2D eigenvalue weighted by Gasteiger charge is -2.26. The monoisotopic (exact) mass is 458 g/mol. The maximum atomic E-state index is 12.6. The van der Waals surface area contributed by atoms with Crippen molar-refractivity contribution < 1.29 is 37.3 Å². The second-order valence-electron chi connectivity index (χ2n) is 7.39. The Labute approximate surface area is 180 Å². The summed E-state index contributed by atoms with van der Waals surface area (Å²) in [6, 6.07) is 7.73. The van der Waals surface area contributed by atoms with Gasteiger partial charge in [0.2, 0.25) is 0 Å². The van der Waals surface area contributed by atoms with Crippen LogP contribution in [0, 0.1) is 11.3 Å². The third kappa shape index (κ3) is 5.81. The number of carboxylic acid groups (broad SMARTS) is 1. The molecule has 0 bridgehead atoms. The fourth-order valence-corrected chi connectivity index (χ4v) is 4.29. The summed E-state index contributed by atoms with van der Waals surface area (Å²) in [5.74, 6) is -2.27. The summed E-state index contributed by atoms with van der Waals surface area (Å²) in [4.78, 5) is 28.4. The molecule has 0 aliphatic carbocycles. The van der Waals surface area contributed by atoms with Gasteiger partial charge >= 0.3 is 12.1 Å². The van der Waals surface area contributed by atoms with E-state index in [1.165, 1.54) is 11.3 Å². The van der Waals surface area contributed by atoms with E-state index in [2.05, 4.69) is 4.98 Å². The molecule has 4 rings (SSSR count). The van der Waals surface area contributed by atoms with E-state index in [0.717, 1.165) is 17.0 Å². The average molecular weight is 458 g/mol. The summed E-state index contributed by atoms with van der Waals surface area (Å²) < 4.78 is 43.4. The molecule has 2 fully saturated rings. The molecule has 0 radical (unpaired) electrons. The topological polar surface area (TPSA) is 89.0 Å². The number of rotatable bonds is 5. The van der Waals surface area contributed by atoms with Crippen molar-refractivity contribution in [3.05, 3.63) is 52.5 Å². The normalized spacial score (nSPS) is 22.5. The van der Waals surface area contributed by atoms with Crippen molar-refractivity contribution in [3.8, 4) is 0 Å². The average Bonchev–Trinajstić information content (AvgIpc) is 3.44. The van der Waals surface area contributed by atoms with E-state index in [1.54, 1.807) is 6.20 Å². The molecule has 0 unspecified atom stereocenters. The number of aliphatic carboxylic acids is 1. The molecule has 11 heteroatoms. The second kappa shape index (κ2) is 9.75. The fourth-order valence-electron chi connectivity index (χ4n) is 3.60. The molecule has 4 heterocycles. The van der Waals surface area contributed by atoms with E-state index in [1.807, 2.05) is 40.7 Å². The fraction of sp³-hybridized carbons (Fsp3) is 0.450. The number of pyridine rings is 1. The number of aromatic nitrogens is 1. The van der Waals surface area contributed by atoms with Gasteiger partial charge in [0, 0.05) is 36.8 Å². The Balaban J connectivity index is 0.000000339. The van der Waals surface area contributed by atoms with Gasteiger partial charge in [-0.2, -0.15) is 13.2 Å². The Bertz CT molecular complexity index is 879. The van der Waals surface area contributed by atoms with Gasteiger partial charge in [-0.15, -0.1) is 11.3 Å². The maximum absolute atomic E-state index is 12.6. The summed E-state index contributed by atoms with van der Waals surface area (Å²) in [6.07, 6.45) is -1.50. The molecular weight excluding hydrogens is 437 g/mol. The lowest BCUT2D eigenvalue weighted by molar-refractivity contribution is -0.192. The number of likely N-dealkylation sites (tertiary alicyclic amines) is 1. The van der Waals surface area contributed by atoms with E-state index in [4.69, 9.17) is 19.4 Å². The van der Waals surface area contributed by atoms with Crippen molar-refractivity contribution >= 4 is 23.2 Å². The summed E-state index contributed by atoms with van der Waals surface area (Å²) in [5.41, 5.74) is 0.990. The number of amides is 1. The number of hydrogen-bond acceptors (Lipinski definition) is 6. The van der Waals surface area contributed by atoms with Gasteiger partial charge < -0.3 is 19.5 Å². The second-order valence-corrected chi connectivity index (χ2v) is 8.34. The van der Waals surface area contributed by atoms with Crippen LogP contribution in [0.15, 0.2) is 42.0 Å². The zero-order chi connectivity index (χ0) is 22.5. The number of nitrogens with zero attached hydrogens (tertiary/aromatic N) is 2. The van der Waals surface area contributed by atoms with Crippen LogP contribution in [-0.2, 0) is 20.9 Å². The molecule has 0 saturated carbocycles. The first-order valence-corrected chi connectivity index (χ1v) is 10.3. The van der Waals surface area contributed by atoms with Gasteiger partial charge in [-0.25, -0.2) is 4.79 Å². The predicted molar refractivity (Wildman–Crippen MR) is 105 cm³/mol. The summed E-state index contributed by atoms with van der Waals surface area (Å²) in [7, 11) is 0. The van der Waals surface area contributed by atoms with Crippen LogP contribution >= 0.6 is 11.3 Å². The van der Waals surface area contributed by atoms with Crippen LogP contribution in [0.2, 0.25) is 0 Å². The van der Waals surface area contributed by atoms with Gasteiger partial charge in [0.05, 0.1) is 31.3 Å². The minimum atomic E-state index is -5.08. The quantitative estimate of drug-likeness (QED) is 0.741. The third-order valence-corrected chi connectivity index (χ3v) is 6.02. The van der Waals surface area contributed by atoms with Gasteiger partial charge in [-0.3, -0.25) is 9.78 Å². The Hall–Kier alpha value is -2.50. The first-order chi connectivity index (χ1) is 14.7. The third-order valence-electron chi connectivity index (χ3n) is 5.16. The summed E-state index contributed by atoms with van der Waals surface area (Å²) in [6.45, 7) is 4.00. The summed E-state index contributed by atoms with van der Waals surface area (Å²) in [5, 5.41) is 9.07. The molecule has 2 aliphatic heterocycles. The predicted octanol–water partition coefficient (Wildman–Crippen LogP) is 3.08. The highest BCUT2D eigenvalue weighted by Crippen LogP contribution is 2.42. The maximum Gasteiger partial charge on any atom is 0.490 e. The molecule has 0 aromatic carbocycles. The highest BCUT2D eigenvalue weighted by atomic mass is 32.1. The van der Waals surface area contributed by atoms with E-state index >= 15 is 0 Å². The first-order valence-electron chi connectivity index (χ1n) is 9.38. The highest BCUT2D eigenvalue weighted by molar-refractivity contribution is 7.12. The largest absolute Gasteiger partial charge is 0.490 e. The molecule has 2 aromatic rings. The number of thiophene rings is 1. The van der Waals surface area contributed by atoms with Crippen molar-refractivity contribution in [1.82, 2.24) is 9.88 Å². The molecule has 2 saturated heterocycles. The number of carbonyl (C=O) groups is 2. The number of ether oxygens (including phenoxy) is 2. The van der Waals surface area contributed by atoms with Crippen molar-refractivity contribution in [2.75, 3.05) is 32.9 Å². The van der Waals surface area contributed by atoms with Crippen LogP contribution in [0.3, 0.4) is 0 Å². The number of alkyl halides is 3. The molecular formula is C20H21F3N2O5S. The zero-order valence-corrected chi connectivity index (χ0v) is 17.2. The van der Waals surface area contributed by atoms with Crippen LogP contribution in [0.25, 0.3) is 0 Å². The Morgan fingerprint density at radius 1 is 1.35 bits per heavy atom. The van der Waals surface area contributed by atoms with Crippen LogP contribution in [0.5, 0.6) is 0 Å². The molecule has 168 valence electrons. The van der Waals surface area contributed by atoms with Crippen LogP contribution in [0.1, 0.15) is 15.2 Å². The van der Waals surface area contributed by atoms with Crippen LogP contribution in [0.4, 0.5) is 13.2 Å². The number of carbonyl (C=O) groups excluding carboxylic acids is 1. The van der Waals surface area contributed by atoms with Crippen molar-refractivity contribution in [2.24, 2.45) is 11.3 Å². The molecule has 2 aromatic heterocycles. The first kappa shape index (κ1) is 23.2. The van der Waals surface area contributed by atoms with Crippen molar-refractivity contribution in [2.45, 2.75) is 12.8 Å². The number of carboxylic acids is 1. The van der Waals surface area contributed by atoms with E-state index in [-0.39, 0.29) is 11.3 Å². The number of hydrogen-bond donors (Lipinski definition) is 1. The highest BCUT2D eigenvalue weighted by Gasteiger charge is 2.52. The van der Waals surface area contributed by atoms with Gasteiger partial charge in [-0.05, 0) is 23.1 Å². The molecule has 0 spiro atoms. The van der Waals surface area contributed by atoms with Gasteiger partial charge in [-0.1, -0.05) is 12.1 Å². The smallest absolute Gasteiger partial charge is 0.475 e. The van der Waals surface area contributed by atoms with Gasteiger partial charge in [0.1, 0.15) is 0 Å². The minimum absolute atomic E-state index is 0.0743. The SMILES string of the molecule is O=C(O)C(F)(F)F.O=C(c1cccs1)N1C[C@@H]2COC[C@]2(COCc2cccnc2)C1. The Kier molecular flexibility index (Phi) is 7.29. The number of halogens is 3. The van der Waals surface area contributed by atoms with E-state index in [0.29, 0.717) is 38.9 Å². The molecule has 1 N–H and O–H groups in total. The Morgan fingerprint density at radius 3 is 2.74 bits per heavy atom. The summed E-state index contributed by atoms with van der Waals surface area (Å²) >= 11 is 1.50. The molecule has 7 nitrogen and oxygen atoms in total. The van der Waals surface area contributed by atoms with Crippen molar-refractivity contribution in [3.63, 3.8) is 0 Å². The van der Waals surface area contributed by atoms with Gasteiger partial charge in [0.25, 0.3) is 5.91 Å². The van der Waals surface area contributed by atoms with Crippen molar-refractivity contribution in [1.29, 1.82) is 0 Å². The zero-order valence-electron chi connectivity index (χ0n) is 16.4. The standard InChI is InChI=1S/C18H20N2O3S.C2HF3O2/c21-17(16-4-2-6-24-16)20-8-15-10-23-13-18(15,11-20)12-22-9-14-3-1-5-19-7-14;3-2(4,5)1(6)7/h1-7,15H,8-13H2;(H,6,7)/t15-,18-;/m1./s1. The lowest BCUT2D eigenvalue weighted by atomic mass is 9.82. The molecule has 2 atom stereocenters. The van der Waals surface area contributed by atoms with Crippen LogP contribution < -0.4 is 0 Å². The van der Waals surface area contributed by atoms with Crippen LogP contribution in [-0.4, -0.2) is 66.0 Å². The van der Waals surface area contributed by atoms with E-state index < -0.39 is 12.1 Å². The molecule has 1 amide bonds. The Morgan fingerprint density at radius 2 is 2.13 bits per heavy atom. The lowest BCUT2D eigenvalue weighted by Crippen LogP contribution is -2.37. The number of fused-ring (bicyclic) bond motifs is 1. The molecule has 31 heavy (non-hydrogen) atoms. The van der Waals surface area contributed by atoms with Gasteiger partial charge in [0.15, 0.2) is 0 Å². The minimum Gasteiger partial charge on any atom is -0.475 e.